The fourth-order valence-electron chi connectivity index (χ4n) is 9.36. The molecule has 0 N–H and O–H groups in total. The fraction of sp³-hybridized carbons (Fsp3) is 0.0893. The third-order valence-corrected chi connectivity index (χ3v) is 12.3. The van der Waals surface area contributed by atoms with Crippen molar-refractivity contribution in [1.82, 2.24) is 24.1 Å². The van der Waals surface area contributed by atoms with Crippen molar-refractivity contribution in [3.63, 3.8) is 0 Å². The van der Waals surface area contributed by atoms with Crippen molar-refractivity contribution in [2.24, 2.45) is 0 Å². The summed E-state index contributed by atoms with van der Waals surface area (Å²) in [7, 11) is 0. The fourth-order valence-corrected chi connectivity index (χ4v) is 9.36. The number of rotatable bonds is 8. The Hall–Kier alpha value is -7.63. The Bertz CT molecular complexity index is 3250. The SMILES string of the molecule is C=Cc1c(/C=C(\C)c2ccc3c4ccccc4n(C4=CC5=C(C=C(c6nc(-c7ccccc7)nc(-c7ccccc7)n6)CC5)CC4)c3c2)c2ccccc2n1-c1ccccc1. The van der Waals surface area contributed by atoms with Crippen molar-refractivity contribution in [2.75, 3.05) is 0 Å². The molecule has 0 spiro atoms. The van der Waals surface area contributed by atoms with Crippen LogP contribution in [-0.2, 0) is 0 Å². The Kier molecular flexibility index (Phi) is 9.08. The molecule has 2 aliphatic carbocycles. The summed E-state index contributed by atoms with van der Waals surface area (Å²) in [5.74, 6) is 2.16. The van der Waals surface area contributed by atoms with Gasteiger partial charge in [0.05, 0.1) is 22.2 Å². The Labute approximate surface area is 355 Å². The van der Waals surface area contributed by atoms with E-state index in [1.54, 1.807) is 0 Å². The third kappa shape index (κ3) is 6.46. The monoisotopic (exact) mass is 785 g/mol. The summed E-state index contributed by atoms with van der Waals surface area (Å²) in [5.41, 5.74) is 16.7. The quantitative estimate of drug-likeness (QED) is 0.154. The van der Waals surface area contributed by atoms with Crippen LogP contribution in [0.1, 0.15) is 55.3 Å². The van der Waals surface area contributed by atoms with E-state index in [1.807, 2.05) is 42.5 Å². The van der Waals surface area contributed by atoms with E-state index < -0.39 is 0 Å². The van der Waals surface area contributed by atoms with Crippen LogP contribution in [0.15, 0.2) is 188 Å². The van der Waals surface area contributed by atoms with Crippen LogP contribution in [0.4, 0.5) is 0 Å². The largest absolute Gasteiger partial charge is 0.313 e. The highest BCUT2D eigenvalue weighted by atomic mass is 15.0. The van der Waals surface area contributed by atoms with E-state index in [0.717, 1.165) is 54.0 Å². The van der Waals surface area contributed by atoms with Gasteiger partial charge in [0.2, 0.25) is 0 Å². The van der Waals surface area contributed by atoms with Crippen molar-refractivity contribution in [2.45, 2.75) is 32.6 Å². The second kappa shape index (κ2) is 15.2. The number of hydrogen-bond acceptors (Lipinski definition) is 3. The van der Waals surface area contributed by atoms with Crippen LogP contribution in [0.25, 0.3) is 90.2 Å². The summed E-state index contributed by atoms with van der Waals surface area (Å²) in [6.45, 7) is 6.52. The lowest BCUT2D eigenvalue weighted by Gasteiger charge is -2.25. The predicted octanol–water partition coefficient (Wildman–Crippen LogP) is 14.3. The Morgan fingerprint density at radius 3 is 1.77 bits per heavy atom. The van der Waals surface area contributed by atoms with E-state index in [-0.39, 0.29) is 0 Å². The summed E-state index contributed by atoms with van der Waals surface area (Å²) >= 11 is 0. The molecule has 3 aromatic heterocycles. The van der Waals surface area contributed by atoms with Crippen LogP contribution in [-0.4, -0.2) is 24.1 Å². The normalized spacial score (nSPS) is 14.3. The number of hydrogen-bond donors (Lipinski definition) is 0. The summed E-state index contributed by atoms with van der Waals surface area (Å²) in [6.07, 6.45) is 12.8. The van der Waals surface area contributed by atoms with E-state index in [1.165, 1.54) is 71.8 Å². The number of aromatic nitrogens is 5. The van der Waals surface area contributed by atoms with Crippen LogP contribution in [0.5, 0.6) is 0 Å². The lowest BCUT2D eigenvalue weighted by Crippen LogP contribution is -2.09. The molecule has 2 aliphatic rings. The van der Waals surface area contributed by atoms with Gasteiger partial charge in [-0.05, 0) is 109 Å². The van der Waals surface area contributed by atoms with Gasteiger partial charge >= 0.3 is 0 Å². The van der Waals surface area contributed by atoms with Crippen LogP contribution in [0.3, 0.4) is 0 Å². The molecule has 0 aliphatic heterocycles. The van der Waals surface area contributed by atoms with Crippen molar-refractivity contribution >= 4 is 61.7 Å². The molecule has 292 valence electrons. The van der Waals surface area contributed by atoms with Crippen molar-refractivity contribution in [3.8, 4) is 28.5 Å². The molecule has 9 aromatic rings. The first-order valence-corrected chi connectivity index (χ1v) is 21.2. The number of benzene rings is 6. The maximum atomic E-state index is 5.06. The molecule has 61 heavy (non-hydrogen) atoms. The first kappa shape index (κ1) is 36.4. The highest BCUT2D eigenvalue weighted by Crippen LogP contribution is 2.42. The van der Waals surface area contributed by atoms with E-state index in [9.17, 15) is 0 Å². The molecule has 6 aromatic carbocycles. The molecule has 3 heterocycles. The molecule has 0 radical (unpaired) electrons. The highest BCUT2D eigenvalue weighted by Gasteiger charge is 2.24. The van der Waals surface area contributed by atoms with Gasteiger partial charge in [0, 0.05) is 44.2 Å². The van der Waals surface area contributed by atoms with Gasteiger partial charge in [-0.2, -0.15) is 0 Å². The molecule has 0 bridgehead atoms. The van der Waals surface area contributed by atoms with Gasteiger partial charge in [0.15, 0.2) is 17.5 Å². The zero-order valence-corrected chi connectivity index (χ0v) is 34.1. The molecule has 11 rings (SSSR count). The highest BCUT2D eigenvalue weighted by molar-refractivity contribution is 6.11. The Balaban J connectivity index is 0.992. The number of allylic oxidation sites excluding steroid dienone is 7. The Morgan fingerprint density at radius 2 is 1.08 bits per heavy atom. The molecule has 0 unspecified atom stereocenters. The minimum absolute atomic E-state index is 0.701. The summed E-state index contributed by atoms with van der Waals surface area (Å²) in [6, 6.07) is 55.5. The molecule has 5 heteroatoms. The number of para-hydroxylation sites is 3. The van der Waals surface area contributed by atoms with Gasteiger partial charge in [-0.1, -0.05) is 140 Å². The van der Waals surface area contributed by atoms with E-state index in [2.05, 4.69) is 162 Å². The van der Waals surface area contributed by atoms with Crippen molar-refractivity contribution < 1.29 is 0 Å². The first-order chi connectivity index (χ1) is 30.1. The van der Waals surface area contributed by atoms with Crippen LogP contribution in [0, 0.1) is 0 Å². The van der Waals surface area contributed by atoms with Gasteiger partial charge in [-0.15, -0.1) is 0 Å². The zero-order valence-electron chi connectivity index (χ0n) is 34.1. The maximum absolute atomic E-state index is 5.06. The minimum atomic E-state index is 0.701. The topological polar surface area (TPSA) is 48.5 Å². The van der Waals surface area contributed by atoms with Gasteiger partial charge in [0.1, 0.15) is 0 Å². The second-order valence-corrected chi connectivity index (χ2v) is 16.0. The van der Waals surface area contributed by atoms with Gasteiger partial charge in [-0.25, -0.2) is 15.0 Å². The van der Waals surface area contributed by atoms with Gasteiger partial charge < -0.3 is 9.13 Å². The van der Waals surface area contributed by atoms with E-state index >= 15 is 0 Å². The first-order valence-electron chi connectivity index (χ1n) is 21.2. The second-order valence-electron chi connectivity index (χ2n) is 16.0. The molecular formula is C56H43N5. The summed E-state index contributed by atoms with van der Waals surface area (Å²) in [5, 5.41) is 3.75. The molecule has 0 saturated heterocycles. The Morgan fingerprint density at radius 1 is 0.525 bits per heavy atom. The molecule has 5 nitrogen and oxygen atoms in total. The lowest BCUT2D eigenvalue weighted by molar-refractivity contribution is 0.868. The molecule has 0 amide bonds. The molecule has 0 atom stereocenters. The molecule has 0 fully saturated rings. The average molecular weight is 786 g/mol. The molecule has 0 saturated carbocycles. The average Bonchev–Trinajstić information content (AvgIpc) is 3.83. The number of fused-ring (bicyclic) bond motifs is 4. The van der Waals surface area contributed by atoms with Crippen LogP contribution >= 0.6 is 0 Å². The van der Waals surface area contributed by atoms with Crippen LogP contribution in [0.2, 0.25) is 0 Å². The van der Waals surface area contributed by atoms with E-state index in [0.29, 0.717) is 11.6 Å². The molecular weight excluding hydrogens is 743 g/mol. The summed E-state index contributed by atoms with van der Waals surface area (Å²) in [4.78, 5) is 15.0. The van der Waals surface area contributed by atoms with Crippen molar-refractivity contribution in [3.05, 3.63) is 210 Å². The standard InChI is InChI=1S/C56H43N5/c1-3-50-49(47-24-14-16-26-52(47)60(50)44-21-11-6-12-22-44)33-37(2)40-30-32-48-46-23-13-15-25-51(46)61(53(48)36-40)45-31-29-41-34-43(28-27-42(41)35-45)56-58-54(38-17-7-4-8-18-38)57-55(59-56)39-19-9-5-10-20-39/h3-26,30,32-36H,1,27-29,31H2,2H3/b37-33+. The maximum Gasteiger partial charge on any atom is 0.164 e. The third-order valence-electron chi connectivity index (χ3n) is 12.3. The lowest BCUT2D eigenvalue weighted by atomic mass is 9.85. The smallest absolute Gasteiger partial charge is 0.164 e. The van der Waals surface area contributed by atoms with E-state index in [4.69, 9.17) is 15.0 Å². The van der Waals surface area contributed by atoms with Crippen molar-refractivity contribution in [1.29, 1.82) is 0 Å². The minimum Gasteiger partial charge on any atom is -0.313 e. The predicted molar refractivity (Wildman–Crippen MR) is 255 cm³/mol. The number of nitrogens with zero attached hydrogens (tertiary/aromatic N) is 5. The van der Waals surface area contributed by atoms with Gasteiger partial charge in [-0.3, -0.25) is 0 Å². The zero-order chi connectivity index (χ0) is 40.9. The van der Waals surface area contributed by atoms with Gasteiger partial charge in [0.25, 0.3) is 0 Å². The summed E-state index contributed by atoms with van der Waals surface area (Å²) < 4.78 is 4.84. The van der Waals surface area contributed by atoms with Crippen LogP contribution < -0.4 is 0 Å².